The van der Waals surface area contributed by atoms with Gasteiger partial charge in [0.15, 0.2) is 0 Å². The summed E-state index contributed by atoms with van der Waals surface area (Å²) < 4.78 is 0. The average molecular weight is 180 g/mol. The number of hydrogen-bond acceptors (Lipinski definition) is 1. The largest absolute Gasteiger partial charge is 0.325 e. The van der Waals surface area contributed by atoms with Crippen LogP contribution in [0.4, 0.5) is 4.79 Å². The van der Waals surface area contributed by atoms with E-state index in [2.05, 4.69) is 4.90 Å². The van der Waals surface area contributed by atoms with E-state index < -0.39 is 0 Å². The molecule has 0 radical (unpaired) electrons. The van der Waals surface area contributed by atoms with Crippen molar-refractivity contribution in [1.82, 2.24) is 9.80 Å². The van der Waals surface area contributed by atoms with Gasteiger partial charge in [0.1, 0.15) is 0 Å². The Bertz CT molecular complexity index is 225. The summed E-state index contributed by atoms with van der Waals surface area (Å²) in [6.07, 6.45) is 3.78. The van der Waals surface area contributed by atoms with E-state index in [4.69, 9.17) is 0 Å². The van der Waals surface area contributed by atoms with Gasteiger partial charge in [0.25, 0.3) is 0 Å². The van der Waals surface area contributed by atoms with Gasteiger partial charge in [0.2, 0.25) is 0 Å². The normalized spacial score (nSPS) is 36.6. The molecule has 1 aliphatic carbocycles. The summed E-state index contributed by atoms with van der Waals surface area (Å²) in [5, 5.41) is 0. The average Bonchev–Trinajstić information content (AvgIpc) is 2.63. The van der Waals surface area contributed by atoms with Crippen molar-refractivity contribution >= 4 is 6.03 Å². The van der Waals surface area contributed by atoms with Crippen molar-refractivity contribution in [3.63, 3.8) is 0 Å². The molecule has 3 aliphatic rings. The Hall–Kier alpha value is -0.730. The zero-order valence-electron chi connectivity index (χ0n) is 7.91. The molecule has 0 N–H and O–H groups in total. The predicted octanol–water partition coefficient (Wildman–Crippen LogP) is 1.15. The van der Waals surface area contributed by atoms with Gasteiger partial charge in [-0.2, -0.15) is 0 Å². The van der Waals surface area contributed by atoms with E-state index in [1.807, 2.05) is 4.90 Å². The quantitative estimate of drug-likeness (QED) is 0.548. The number of hydrogen-bond donors (Lipinski definition) is 0. The maximum atomic E-state index is 11.9. The molecular formula is C10H16N2O. The first-order valence-electron chi connectivity index (χ1n) is 5.38. The topological polar surface area (TPSA) is 23.6 Å². The Morgan fingerprint density at radius 3 is 2.23 bits per heavy atom. The van der Waals surface area contributed by atoms with Crippen LogP contribution in [0.15, 0.2) is 0 Å². The summed E-state index contributed by atoms with van der Waals surface area (Å²) in [6.45, 7) is 4.06. The Morgan fingerprint density at radius 1 is 1.00 bits per heavy atom. The number of likely N-dealkylation sites (tertiary alicyclic amines) is 2. The fraction of sp³-hybridized carbons (Fsp3) is 0.900. The molecule has 0 spiro atoms. The van der Waals surface area contributed by atoms with Crippen LogP contribution >= 0.6 is 0 Å². The van der Waals surface area contributed by atoms with Crippen LogP contribution in [0.2, 0.25) is 0 Å². The van der Waals surface area contributed by atoms with Crippen molar-refractivity contribution in [2.75, 3.05) is 26.2 Å². The number of carbonyl (C=O) groups excluding carboxylic acids is 1. The number of carbonyl (C=O) groups is 1. The van der Waals surface area contributed by atoms with E-state index in [9.17, 15) is 4.79 Å². The van der Waals surface area contributed by atoms with E-state index in [0.29, 0.717) is 6.03 Å². The fourth-order valence-electron chi connectivity index (χ4n) is 2.66. The molecule has 72 valence electrons. The van der Waals surface area contributed by atoms with Crippen LogP contribution < -0.4 is 0 Å². The van der Waals surface area contributed by atoms with Crippen molar-refractivity contribution in [3.05, 3.63) is 0 Å². The molecule has 0 aromatic carbocycles. The summed E-state index contributed by atoms with van der Waals surface area (Å²) >= 11 is 0. The summed E-state index contributed by atoms with van der Waals surface area (Å²) in [5.74, 6) is 1.73. The van der Waals surface area contributed by atoms with Gasteiger partial charge in [0, 0.05) is 26.2 Å². The minimum atomic E-state index is 0.310. The zero-order chi connectivity index (χ0) is 8.84. The summed E-state index contributed by atoms with van der Waals surface area (Å²) in [6, 6.07) is 0.310. The van der Waals surface area contributed by atoms with Gasteiger partial charge in [-0.25, -0.2) is 4.79 Å². The molecule has 3 rings (SSSR count). The molecule has 0 aromatic heterocycles. The molecule has 2 unspecified atom stereocenters. The fourth-order valence-corrected chi connectivity index (χ4v) is 2.66. The third-order valence-electron chi connectivity index (χ3n) is 3.63. The predicted molar refractivity (Wildman–Crippen MR) is 49.4 cm³/mol. The minimum absolute atomic E-state index is 0.310. The second-order valence-electron chi connectivity index (χ2n) is 4.64. The molecule has 0 aromatic rings. The van der Waals surface area contributed by atoms with Crippen molar-refractivity contribution in [2.24, 2.45) is 11.8 Å². The maximum absolute atomic E-state index is 11.9. The van der Waals surface area contributed by atoms with Crippen molar-refractivity contribution in [1.29, 1.82) is 0 Å². The van der Waals surface area contributed by atoms with Crippen LogP contribution in [-0.4, -0.2) is 42.0 Å². The smallest absolute Gasteiger partial charge is 0.320 e. The number of amides is 2. The number of fused-ring (bicyclic) bond motifs is 1. The van der Waals surface area contributed by atoms with Gasteiger partial charge in [-0.05, 0) is 31.1 Å². The van der Waals surface area contributed by atoms with Gasteiger partial charge in [-0.15, -0.1) is 0 Å². The number of piperidine rings is 1. The molecule has 2 heterocycles. The minimum Gasteiger partial charge on any atom is -0.325 e. The summed E-state index contributed by atoms with van der Waals surface area (Å²) in [4.78, 5) is 15.9. The second kappa shape index (κ2) is 2.63. The molecular weight excluding hydrogens is 164 g/mol. The van der Waals surface area contributed by atoms with Crippen LogP contribution in [0.3, 0.4) is 0 Å². The van der Waals surface area contributed by atoms with Crippen LogP contribution in [0.25, 0.3) is 0 Å². The van der Waals surface area contributed by atoms with Gasteiger partial charge in [-0.1, -0.05) is 0 Å². The first-order valence-corrected chi connectivity index (χ1v) is 5.38. The standard InChI is InChI=1S/C10H16N2O/c13-10(11-3-1-2-4-11)12-6-8-5-9(8)7-12/h8-9H,1-7H2. The molecule has 2 amide bonds. The lowest BCUT2D eigenvalue weighted by Crippen LogP contribution is -2.41. The number of rotatable bonds is 0. The molecule has 3 fully saturated rings. The van der Waals surface area contributed by atoms with Crippen LogP contribution in [-0.2, 0) is 0 Å². The number of urea groups is 1. The molecule has 13 heavy (non-hydrogen) atoms. The second-order valence-corrected chi connectivity index (χ2v) is 4.64. The monoisotopic (exact) mass is 180 g/mol. The molecule has 2 atom stereocenters. The van der Waals surface area contributed by atoms with Gasteiger partial charge >= 0.3 is 6.03 Å². The van der Waals surface area contributed by atoms with E-state index in [1.165, 1.54) is 19.3 Å². The molecule has 2 saturated heterocycles. The molecule has 1 saturated carbocycles. The van der Waals surface area contributed by atoms with Crippen LogP contribution in [0.1, 0.15) is 19.3 Å². The lowest BCUT2D eigenvalue weighted by Gasteiger charge is -2.24. The van der Waals surface area contributed by atoms with Crippen LogP contribution in [0.5, 0.6) is 0 Å². The van der Waals surface area contributed by atoms with E-state index in [-0.39, 0.29) is 0 Å². The first kappa shape index (κ1) is 7.65. The van der Waals surface area contributed by atoms with E-state index in [0.717, 1.165) is 38.0 Å². The molecule has 2 aliphatic heterocycles. The third-order valence-corrected chi connectivity index (χ3v) is 3.63. The Labute approximate surface area is 78.7 Å². The summed E-state index contributed by atoms with van der Waals surface area (Å²) in [5.41, 5.74) is 0. The van der Waals surface area contributed by atoms with Gasteiger partial charge in [-0.3, -0.25) is 0 Å². The lowest BCUT2D eigenvalue weighted by molar-refractivity contribution is 0.168. The maximum Gasteiger partial charge on any atom is 0.320 e. The van der Waals surface area contributed by atoms with Crippen LogP contribution in [0, 0.1) is 11.8 Å². The van der Waals surface area contributed by atoms with Crippen molar-refractivity contribution in [3.8, 4) is 0 Å². The van der Waals surface area contributed by atoms with Crippen molar-refractivity contribution in [2.45, 2.75) is 19.3 Å². The van der Waals surface area contributed by atoms with E-state index in [1.54, 1.807) is 0 Å². The third kappa shape index (κ3) is 1.21. The highest BCUT2D eigenvalue weighted by atomic mass is 16.2. The van der Waals surface area contributed by atoms with Crippen molar-refractivity contribution < 1.29 is 4.79 Å². The highest BCUT2D eigenvalue weighted by Crippen LogP contribution is 2.45. The highest BCUT2D eigenvalue weighted by molar-refractivity contribution is 5.75. The highest BCUT2D eigenvalue weighted by Gasteiger charge is 2.47. The van der Waals surface area contributed by atoms with Gasteiger partial charge < -0.3 is 9.80 Å². The summed E-state index contributed by atoms with van der Waals surface area (Å²) in [7, 11) is 0. The number of nitrogens with zero attached hydrogens (tertiary/aromatic N) is 2. The molecule has 0 bridgehead atoms. The van der Waals surface area contributed by atoms with Gasteiger partial charge in [0.05, 0.1) is 0 Å². The van der Waals surface area contributed by atoms with E-state index >= 15 is 0 Å². The first-order chi connectivity index (χ1) is 6.34. The SMILES string of the molecule is O=C(N1CCCC1)N1CC2CC2C1. The Morgan fingerprint density at radius 2 is 1.62 bits per heavy atom. The molecule has 3 nitrogen and oxygen atoms in total. The Balaban J connectivity index is 1.61. The Kier molecular flexibility index (Phi) is 1.55. The zero-order valence-corrected chi connectivity index (χ0v) is 7.91. The molecule has 3 heteroatoms. The lowest BCUT2D eigenvalue weighted by atomic mass is 10.4.